The normalized spacial score (nSPS) is 15.9. The molecule has 0 aliphatic carbocycles. The van der Waals surface area contributed by atoms with Gasteiger partial charge in [-0.25, -0.2) is 4.79 Å². The van der Waals surface area contributed by atoms with Gasteiger partial charge in [-0.15, -0.1) is 0 Å². The summed E-state index contributed by atoms with van der Waals surface area (Å²) in [6.07, 6.45) is -4.34. The molecule has 2 N–H and O–H groups in total. The first-order valence-electron chi connectivity index (χ1n) is 6.43. The number of ether oxygens (including phenoxy) is 1. The summed E-state index contributed by atoms with van der Waals surface area (Å²) in [5, 5.41) is 0. The number of amides is 2. The fraction of sp³-hybridized carbons (Fsp3) is 0.462. The number of benzene rings is 1. The number of alkyl halides is 3. The van der Waals surface area contributed by atoms with Crippen LogP contribution in [0.5, 0.6) is 0 Å². The lowest BCUT2D eigenvalue weighted by atomic mass is 10.2. The molecule has 1 fully saturated rings. The molecular formula is C13H16F3N3O2. The van der Waals surface area contributed by atoms with Crippen molar-refractivity contribution >= 4 is 17.4 Å². The van der Waals surface area contributed by atoms with Crippen LogP contribution in [0.4, 0.5) is 29.3 Å². The quantitative estimate of drug-likeness (QED) is 0.669. The van der Waals surface area contributed by atoms with Crippen molar-refractivity contribution in [3.8, 4) is 0 Å². The Bertz CT molecular complexity index is 490. The maximum Gasteiger partial charge on any atom is 0.411 e. The van der Waals surface area contributed by atoms with Crippen LogP contribution in [0.3, 0.4) is 0 Å². The number of rotatable bonds is 5. The Morgan fingerprint density at radius 2 is 1.86 bits per heavy atom. The van der Waals surface area contributed by atoms with Gasteiger partial charge in [-0.05, 0) is 24.3 Å². The molecule has 1 aromatic carbocycles. The molecule has 0 unspecified atom stereocenters. The molecule has 2 amide bonds. The molecule has 21 heavy (non-hydrogen) atoms. The SMILES string of the molecule is Nc1ccc(N2CCN(CCOCC(F)(F)F)C2=O)cc1. The van der Waals surface area contributed by atoms with Gasteiger partial charge in [-0.2, -0.15) is 13.2 Å². The van der Waals surface area contributed by atoms with Gasteiger partial charge >= 0.3 is 12.2 Å². The fourth-order valence-electron chi connectivity index (χ4n) is 2.05. The van der Waals surface area contributed by atoms with Crippen molar-refractivity contribution in [2.45, 2.75) is 6.18 Å². The third-order valence-electron chi connectivity index (χ3n) is 3.07. The smallest absolute Gasteiger partial charge is 0.399 e. The van der Waals surface area contributed by atoms with Crippen molar-refractivity contribution in [1.82, 2.24) is 4.90 Å². The van der Waals surface area contributed by atoms with Crippen molar-refractivity contribution in [2.24, 2.45) is 0 Å². The summed E-state index contributed by atoms with van der Waals surface area (Å²) in [6.45, 7) is -0.349. The van der Waals surface area contributed by atoms with E-state index < -0.39 is 12.8 Å². The number of hydrogen-bond donors (Lipinski definition) is 1. The van der Waals surface area contributed by atoms with Gasteiger partial charge in [0.15, 0.2) is 0 Å². The van der Waals surface area contributed by atoms with Crippen molar-refractivity contribution in [2.75, 3.05) is 43.5 Å². The molecule has 1 aromatic rings. The summed E-state index contributed by atoms with van der Waals surface area (Å²) in [4.78, 5) is 15.1. The Kier molecular flexibility index (Phi) is 4.56. The highest BCUT2D eigenvalue weighted by molar-refractivity contribution is 5.94. The topological polar surface area (TPSA) is 58.8 Å². The van der Waals surface area contributed by atoms with Gasteiger partial charge in [0.2, 0.25) is 0 Å². The van der Waals surface area contributed by atoms with E-state index in [-0.39, 0.29) is 19.2 Å². The van der Waals surface area contributed by atoms with Gasteiger partial charge in [0.25, 0.3) is 0 Å². The zero-order valence-electron chi connectivity index (χ0n) is 11.3. The standard InChI is InChI=1S/C13H16F3N3O2/c14-13(15,16)9-21-8-7-18-5-6-19(12(18)20)11-3-1-10(17)2-4-11/h1-4H,5-9,17H2. The van der Waals surface area contributed by atoms with Crippen molar-refractivity contribution in [3.63, 3.8) is 0 Å². The third-order valence-corrected chi connectivity index (χ3v) is 3.07. The van der Waals surface area contributed by atoms with Crippen LogP contribution in [0, 0.1) is 0 Å². The Hall–Kier alpha value is -1.96. The second-order valence-corrected chi connectivity index (χ2v) is 4.68. The average Bonchev–Trinajstić information content (AvgIpc) is 2.76. The van der Waals surface area contributed by atoms with Gasteiger partial charge in [0, 0.05) is 31.0 Å². The minimum atomic E-state index is -4.34. The molecule has 0 atom stereocenters. The van der Waals surface area contributed by atoms with Crippen LogP contribution >= 0.6 is 0 Å². The van der Waals surface area contributed by atoms with Gasteiger partial charge in [-0.1, -0.05) is 0 Å². The number of nitrogens with two attached hydrogens (primary N) is 1. The van der Waals surface area contributed by atoms with E-state index >= 15 is 0 Å². The Balaban J connectivity index is 1.83. The summed E-state index contributed by atoms with van der Waals surface area (Å²) < 4.78 is 40.3. The molecule has 5 nitrogen and oxygen atoms in total. The van der Waals surface area contributed by atoms with Gasteiger partial charge < -0.3 is 15.4 Å². The van der Waals surface area contributed by atoms with E-state index in [0.717, 1.165) is 0 Å². The Morgan fingerprint density at radius 1 is 1.19 bits per heavy atom. The predicted molar refractivity (Wildman–Crippen MR) is 72.0 cm³/mol. The number of anilines is 2. The summed E-state index contributed by atoms with van der Waals surface area (Å²) >= 11 is 0. The van der Waals surface area contributed by atoms with Crippen LogP contribution in [-0.2, 0) is 4.74 Å². The lowest BCUT2D eigenvalue weighted by Crippen LogP contribution is -2.34. The van der Waals surface area contributed by atoms with Crippen LogP contribution in [0.25, 0.3) is 0 Å². The lowest BCUT2D eigenvalue weighted by molar-refractivity contribution is -0.174. The molecule has 0 radical (unpaired) electrons. The number of urea groups is 1. The molecule has 1 aliphatic heterocycles. The molecule has 116 valence electrons. The monoisotopic (exact) mass is 303 g/mol. The molecule has 0 spiro atoms. The van der Waals surface area contributed by atoms with Crippen LogP contribution in [0.2, 0.25) is 0 Å². The van der Waals surface area contributed by atoms with Crippen molar-refractivity contribution in [3.05, 3.63) is 24.3 Å². The summed E-state index contributed by atoms with van der Waals surface area (Å²) in [5.41, 5.74) is 6.90. The number of carbonyl (C=O) groups excluding carboxylic acids is 1. The Labute approximate surface area is 120 Å². The van der Waals surface area contributed by atoms with Gasteiger partial charge in [-0.3, -0.25) is 4.90 Å². The first kappa shape index (κ1) is 15.4. The van der Waals surface area contributed by atoms with E-state index in [0.29, 0.717) is 24.5 Å². The number of hydrogen-bond acceptors (Lipinski definition) is 3. The minimum absolute atomic E-state index is 0.138. The van der Waals surface area contributed by atoms with Crippen molar-refractivity contribution < 1.29 is 22.7 Å². The molecule has 2 rings (SSSR count). The first-order chi connectivity index (χ1) is 9.87. The minimum Gasteiger partial charge on any atom is -0.399 e. The average molecular weight is 303 g/mol. The fourth-order valence-corrected chi connectivity index (χ4v) is 2.05. The second-order valence-electron chi connectivity index (χ2n) is 4.68. The molecule has 1 saturated heterocycles. The zero-order chi connectivity index (χ0) is 15.5. The number of nitrogen functional groups attached to an aromatic ring is 1. The molecule has 1 aliphatic rings. The highest BCUT2D eigenvalue weighted by Gasteiger charge is 2.30. The third kappa shape index (κ3) is 4.25. The van der Waals surface area contributed by atoms with E-state index in [1.54, 1.807) is 29.2 Å². The predicted octanol–water partition coefficient (Wildman–Crippen LogP) is 2.09. The molecule has 8 heteroatoms. The number of halogens is 3. The molecule has 0 bridgehead atoms. The van der Waals surface area contributed by atoms with Gasteiger partial charge in [0.05, 0.1) is 6.61 Å². The van der Waals surface area contributed by atoms with Crippen LogP contribution in [-0.4, -0.2) is 50.0 Å². The summed E-state index contributed by atoms with van der Waals surface area (Å²) in [6, 6.07) is 6.61. The number of carbonyl (C=O) groups is 1. The largest absolute Gasteiger partial charge is 0.411 e. The van der Waals surface area contributed by atoms with E-state index in [9.17, 15) is 18.0 Å². The second kappa shape index (κ2) is 6.21. The van der Waals surface area contributed by atoms with Gasteiger partial charge in [0.1, 0.15) is 6.61 Å². The zero-order valence-corrected chi connectivity index (χ0v) is 11.3. The van der Waals surface area contributed by atoms with Crippen LogP contribution in [0.1, 0.15) is 0 Å². The lowest BCUT2D eigenvalue weighted by Gasteiger charge is -2.19. The van der Waals surface area contributed by atoms with E-state index in [2.05, 4.69) is 4.74 Å². The number of nitrogens with zero attached hydrogens (tertiary/aromatic N) is 2. The molecule has 0 saturated carbocycles. The maximum atomic E-state index is 12.1. The molecular weight excluding hydrogens is 287 g/mol. The van der Waals surface area contributed by atoms with Crippen molar-refractivity contribution in [1.29, 1.82) is 0 Å². The highest BCUT2D eigenvalue weighted by Crippen LogP contribution is 2.21. The van der Waals surface area contributed by atoms with Crippen LogP contribution < -0.4 is 10.6 Å². The van der Waals surface area contributed by atoms with E-state index in [1.165, 1.54) is 4.90 Å². The first-order valence-corrected chi connectivity index (χ1v) is 6.43. The molecule has 1 heterocycles. The maximum absolute atomic E-state index is 12.1. The van der Waals surface area contributed by atoms with Crippen LogP contribution in [0.15, 0.2) is 24.3 Å². The van der Waals surface area contributed by atoms with E-state index in [1.807, 2.05) is 0 Å². The Morgan fingerprint density at radius 3 is 2.48 bits per heavy atom. The highest BCUT2D eigenvalue weighted by atomic mass is 19.4. The summed E-state index contributed by atoms with van der Waals surface area (Å²) in [7, 11) is 0. The molecule has 0 aromatic heterocycles. The summed E-state index contributed by atoms with van der Waals surface area (Å²) in [5.74, 6) is 0. The van der Waals surface area contributed by atoms with E-state index in [4.69, 9.17) is 5.73 Å².